The van der Waals surface area contributed by atoms with Crippen molar-refractivity contribution >= 4 is 17.0 Å². The lowest BCUT2D eigenvalue weighted by molar-refractivity contribution is 0.568. The molecule has 3 rings (SSSR count). The smallest absolute Gasteiger partial charge is 0.155 e. The van der Waals surface area contributed by atoms with Crippen LogP contribution in [0.25, 0.3) is 5.65 Å². The summed E-state index contributed by atoms with van der Waals surface area (Å²) in [6.45, 7) is 6.87. The van der Waals surface area contributed by atoms with Crippen molar-refractivity contribution in [2.45, 2.75) is 33.4 Å². The summed E-state index contributed by atoms with van der Waals surface area (Å²) in [6, 6.07) is 2.21. The molecule has 0 aliphatic rings. The van der Waals surface area contributed by atoms with Crippen molar-refractivity contribution in [3.63, 3.8) is 0 Å². The molecule has 1 unspecified atom stereocenters. The van der Waals surface area contributed by atoms with Crippen molar-refractivity contribution in [3.8, 4) is 0 Å². The highest BCUT2D eigenvalue weighted by Crippen LogP contribution is 2.17. The molecule has 0 fully saturated rings. The zero-order valence-corrected chi connectivity index (χ0v) is 12.6. The molecule has 5 nitrogen and oxygen atoms in total. The molecule has 0 bridgehead atoms. The molecule has 0 spiro atoms. The predicted molar refractivity (Wildman–Crippen MR) is 79.8 cm³/mol. The quantitative estimate of drug-likeness (QED) is 0.801. The van der Waals surface area contributed by atoms with Crippen LogP contribution in [0.3, 0.4) is 0 Å². The van der Waals surface area contributed by atoms with E-state index in [0.29, 0.717) is 0 Å². The first-order valence-electron chi connectivity index (χ1n) is 6.58. The first-order valence-corrected chi connectivity index (χ1v) is 7.46. The second kappa shape index (κ2) is 5.30. The van der Waals surface area contributed by atoms with E-state index in [1.54, 1.807) is 11.3 Å². The Morgan fingerprint density at radius 1 is 1.35 bits per heavy atom. The van der Waals surface area contributed by atoms with Crippen LogP contribution in [0, 0.1) is 13.8 Å². The molecule has 0 saturated carbocycles. The van der Waals surface area contributed by atoms with Gasteiger partial charge in [0, 0.05) is 41.6 Å². The van der Waals surface area contributed by atoms with Gasteiger partial charge in [-0.3, -0.25) is 0 Å². The molecule has 3 aromatic heterocycles. The molecule has 0 aliphatic carbocycles. The summed E-state index contributed by atoms with van der Waals surface area (Å²) in [7, 11) is 0. The van der Waals surface area contributed by atoms with Crippen LogP contribution in [0.4, 0.5) is 0 Å². The average Bonchev–Trinajstić information content (AvgIpc) is 3.00. The van der Waals surface area contributed by atoms with Gasteiger partial charge in [-0.05, 0) is 20.8 Å². The SMILES string of the molecule is Cc1csc(C(C)NCc2cnc3cc(C)nn3c2)n1. The topological polar surface area (TPSA) is 55.1 Å². The van der Waals surface area contributed by atoms with Gasteiger partial charge >= 0.3 is 0 Å². The van der Waals surface area contributed by atoms with E-state index in [4.69, 9.17) is 0 Å². The van der Waals surface area contributed by atoms with E-state index < -0.39 is 0 Å². The third-order valence-electron chi connectivity index (χ3n) is 3.11. The lowest BCUT2D eigenvalue weighted by Crippen LogP contribution is -2.18. The monoisotopic (exact) mass is 287 g/mol. The second-order valence-electron chi connectivity index (χ2n) is 4.98. The molecular formula is C14H17N5S. The summed E-state index contributed by atoms with van der Waals surface area (Å²) in [4.78, 5) is 8.90. The third kappa shape index (κ3) is 2.71. The van der Waals surface area contributed by atoms with E-state index >= 15 is 0 Å². The first kappa shape index (κ1) is 13.2. The highest BCUT2D eigenvalue weighted by atomic mass is 32.1. The van der Waals surface area contributed by atoms with Gasteiger partial charge < -0.3 is 5.32 Å². The molecule has 20 heavy (non-hydrogen) atoms. The van der Waals surface area contributed by atoms with Crippen LogP contribution in [0.15, 0.2) is 23.8 Å². The van der Waals surface area contributed by atoms with Gasteiger partial charge in [-0.2, -0.15) is 5.10 Å². The Morgan fingerprint density at radius 3 is 2.95 bits per heavy atom. The number of aryl methyl sites for hydroxylation is 2. The van der Waals surface area contributed by atoms with Crippen LogP contribution in [-0.4, -0.2) is 19.6 Å². The van der Waals surface area contributed by atoms with Gasteiger partial charge in [0.25, 0.3) is 0 Å². The molecule has 0 radical (unpaired) electrons. The Kier molecular flexibility index (Phi) is 3.50. The molecular weight excluding hydrogens is 270 g/mol. The Balaban J connectivity index is 1.70. The van der Waals surface area contributed by atoms with Crippen LogP contribution in [0.1, 0.15) is 34.9 Å². The maximum Gasteiger partial charge on any atom is 0.155 e. The number of rotatable bonds is 4. The van der Waals surface area contributed by atoms with E-state index in [1.165, 1.54) is 0 Å². The minimum absolute atomic E-state index is 0.240. The van der Waals surface area contributed by atoms with Crippen molar-refractivity contribution in [1.82, 2.24) is 24.9 Å². The number of fused-ring (bicyclic) bond motifs is 1. The van der Waals surface area contributed by atoms with Gasteiger partial charge in [-0.25, -0.2) is 14.5 Å². The molecule has 0 aromatic carbocycles. The highest BCUT2D eigenvalue weighted by molar-refractivity contribution is 7.09. The zero-order valence-electron chi connectivity index (χ0n) is 11.8. The van der Waals surface area contributed by atoms with Gasteiger partial charge in [0.05, 0.1) is 11.7 Å². The largest absolute Gasteiger partial charge is 0.304 e. The van der Waals surface area contributed by atoms with Crippen LogP contribution < -0.4 is 5.32 Å². The normalized spacial score (nSPS) is 12.9. The summed E-state index contributed by atoms with van der Waals surface area (Å²) in [5, 5.41) is 11.0. The average molecular weight is 287 g/mol. The Morgan fingerprint density at radius 2 is 2.20 bits per heavy atom. The fourth-order valence-corrected chi connectivity index (χ4v) is 2.88. The van der Waals surface area contributed by atoms with Crippen molar-refractivity contribution in [2.75, 3.05) is 0 Å². The third-order valence-corrected chi connectivity index (χ3v) is 4.25. The van der Waals surface area contributed by atoms with Crippen molar-refractivity contribution in [2.24, 2.45) is 0 Å². The molecule has 0 amide bonds. The van der Waals surface area contributed by atoms with E-state index in [9.17, 15) is 0 Å². The number of hydrogen-bond donors (Lipinski definition) is 1. The van der Waals surface area contributed by atoms with Gasteiger partial charge in [0.15, 0.2) is 5.65 Å². The molecule has 3 heterocycles. The van der Waals surface area contributed by atoms with Crippen LogP contribution in [0.2, 0.25) is 0 Å². The van der Waals surface area contributed by atoms with Crippen molar-refractivity contribution in [1.29, 1.82) is 0 Å². The fraction of sp³-hybridized carbons (Fsp3) is 0.357. The van der Waals surface area contributed by atoms with Crippen LogP contribution >= 0.6 is 11.3 Å². The minimum Gasteiger partial charge on any atom is -0.304 e. The summed E-state index contributed by atoms with van der Waals surface area (Å²) in [6.07, 6.45) is 3.91. The van der Waals surface area contributed by atoms with E-state index in [2.05, 4.69) is 32.7 Å². The summed E-state index contributed by atoms with van der Waals surface area (Å²) >= 11 is 1.69. The molecule has 0 aliphatic heterocycles. The number of nitrogens with zero attached hydrogens (tertiary/aromatic N) is 4. The predicted octanol–water partition coefficient (Wildman–Crippen LogP) is 2.65. The Labute approximate surface area is 121 Å². The lowest BCUT2D eigenvalue weighted by Gasteiger charge is -2.10. The molecule has 1 atom stereocenters. The van der Waals surface area contributed by atoms with Gasteiger partial charge in [0.1, 0.15) is 5.01 Å². The zero-order chi connectivity index (χ0) is 14.1. The van der Waals surface area contributed by atoms with Crippen molar-refractivity contribution < 1.29 is 0 Å². The molecule has 104 valence electrons. The Hall–Kier alpha value is -1.79. The summed E-state index contributed by atoms with van der Waals surface area (Å²) < 4.78 is 1.82. The van der Waals surface area contributed by atoms with E-state index in [-0.39, 0.29) is 6.04 Å². The standard InChI is InChI=1S/C14H17N5S/c1-9-4-13-16-6-12(7-19(13)18-9)5-15-11(3)14-17-10(2)8-20-14/h4,6-8,11,15H,5H2,1-3H3. The number of nitrogens with one attached hydrogen (secondary N) is 1. The molecule has 3 aromatic rings. The van der Waals surface area contributed by atoms with Gasteiger partial charge in [-0.1, -0.05) is 0 Å². The summed E-state index contributed by atoms with van der Waals surface area (Å²) in [5.74, 6) is 0. The van der Waals surface area contributed by atoms with Crippen LogP contribution in [-0.2, 0) is 6.54 Å². The van der Waals surface area contributed by atoms with Gasteiger partial charge in [0.2, 0.25) is 0 Å². The maximum absolute atomic E-state index is 4.50. The minimum atomic E-state index is 0.240. The molecule has 1 N–H and O–H groups in total. The van der Waals surface area contributed by atoms with Gasteiger partial charge in [-0.15, -0.1) is 11.3 Å². The second-order valence-corrected chi connectivity index (χ2v) is 5.87. The van der Waals surface area contributed by atoms with Crippen molar-refractivity contribution in [3.05, 3.63) is 45.8 Å². The maximum atomic E-state index is 4.50. The first-order chi connectivity index (χ1) is 9.61. The number of thiazole rings is 1. The molecule has 0 saturated heterocycles. The number of aromatic nitrogens is 4. The fourth-order valence-electron chi connectivity index (χ4n) is 2.05. The Bertz CT molecular complexity index is 730. The molecule has 6 heteroatoms. The lowest BCUT2D eigenvalue weighted by atomic mass is 10.3. The number of hydrogen-bond acceptors (Lipinski definition) is 5. The van der Waals surface area contributed by atoms with E-state index in [0.717, 1.165) is 34.2 Å². The van der Waals surface area contributed by atoms with E-state index in [1.807, 2.05) is 36.8 Å². The summed E-state index contributed by atoms with van der Waals surface area (Å²) in [5.41, 5.74) is 4.05. The highest BCUT2D eigenvalue weighted by Gasteiger charge is 2.09. The van der Waals surface area contributed by atoms with Crippen LogP contribution in [0.5, 0.6) is 0 Å².